The summed E-state index contributed by atoms with van der Waals surface area (Å²) in [6, 6.07) is 3.01. The van der Waals surface area contributed by atoms with Crippen LogP contribution in [0.1, 0.15) is 16.8 Å². The molecule has 2 aromatic rings. The van der Waals surface area contributed by atoms with Crippen LogP contribution in [-0.2, 0) is 32.7 Å². The summed E-state index contributed by atoms with van der Waals surface area (Å²) >= 11 is 0.527. The Morgan fingerprint density at radius 2 is 1.97 bits per heavy atom. The second-order valence-electron chi connectivity index (χ2n) is 6.97. The zero-order valence-electron chi connectivity index (χ0n) is 15.9. The zero-order chi connectivity index (χ0) is 22.5. The molecule has 0 unspecified atom stereocenters. The first-order chi connectivity index (χ1) is 14.5. The number of halogens is 2. The molecular weight excluding hydrogens is 454 g/mol. The molecule has 2 aliphatic heterocycles. The van der Waals surface area contributed by atoms with E-state index < -0.39 is 38.7 Å². The number of aromatic nitrogens is 2. The van der Waals surface area contributed by atoms with E-state index >= 15 is 0 Å². The largest absolute Gasteiger partial charge is 0.300 e. The molecule has 31 heavy (non-hydrogen) atoms. The number of carbonyl (C=O) groups excluding carboxylic acids is 3. The third-order valence-electron chi connectivity index (χ3n) is 4.61. The highest BCUT2D eigenvalue weighted by atomic mass is 32.2. The number of hydrogen-bond acceptors (Lipinski definition) is 8. The Bertz CT molecular complexity index is 1250. The van der Waals surface area contributed by atoms with Gasteiger partial charge in [0, 0.05) is 24.8 Å². The molecule has 1 aromatic heterocycles. The highest BCUT2D eigenvalue weighted by molar-refractivity contribution is 8.18. The number of imide groups is 3. The van der Waals surface area contributed by atoms with E-state index in [2.05, 4.69) is 5.10 Å². The summed E-state index contributed by atoms with van der Waals surface area (Å²) in [4.78, 5) is 39.4. The molecule has 162 valence electrons. The van der Waals surface area contributed by atoms with E-state index in [0.29, 0.717) is 27.9 Å². The van der Waals surface area contributed by atoms with E-state index in [1.54, 1.807) is 4.90 Å². The van der Waals surface area contributed by atoms with Crippen LogP contribution < -0.4 is 0 Å². The van der Waals surface area contributed by atoms with Gasteiger partial charge in [0.15, 0.2) is 11.6 Å². The van der Waals surface area contributed by atoms with Crippen LogP contribution in [0.2, 0.25) is 0 Å². The van der Waals surface area contributed by atoms with Crippen LogP contribution in [-0.4, -0.2) is 57.3 Å². The van der Waals surface area contributed by atoms with Crippen molar-refractivity contribution in [2.45, 2.75) is 13.1 Å². The molecule has 0 radical (unpaired) electrons. The summed E-state index contributed by atoms with van der Waals surface area (Å²) < 4.78 is 50.4. The molecule has 3 amide bonds. The molecule has 0 saturated carbocycles. The SMILES string of the molecule is CS(=O)(=O)n1cc2c(n1)CN(CC(=O)N1C(=O)S/C(=C\c3ccc(F)c(F)c3)C1=O)C2. The van der Waals surface area contributed by atoms with Crippen molar-refractivity contribution in [1.82, 2.24) is 19.0 Å². The molecule has 0 aliphatic carbocycles. The van der Waals surface area contributed by atoms with Gasteiger partial charge in [-0.2, -0.15) is 9.19 Å². The minimum atomic E-state index is -3.52. The maximum absolute atomic E-state index is 13.4. The summed E-state index contributed by atoms with van der Waals surface area (Å²) in [6.45, 7) is 0.160. The van der Waals surface area contributed by atoms with Gasteiger partial charge < -0.3 is 0 Å². The predicted octanol–water partition coefficient (Wildman–Crippen LogP) is 1.55. The Labute approximate surface area is 179 Å². The summed E-state index contributed by atoms with van der Waals surface area (Å²) in [5.41, 5.74) is 1.29. The molecule has 1 saturated heterocycles. The van der Waals surface area contributed by atoms with E-state index in [1.165, 1.54) is 18.3 Å². The minimum absolute atomic E-state index is 0.0847. The highest BCUT2D eigenvalue weighted by Crippen LogP contribution is 2.33. The Morgan fingerprint density at radius 3 is 2.61 bits per heavy atom. The third-order valence-corrected chi connectivity index (χ3v) is 6.34. The maximum atomic E-state index is 13.4. The topological polar surface area (TPSA) is 110 Å². The number of hydrogen-bond donors (Lipinski definition) is 0. The highest BCUT2D eigenvalue weighted by Gasteiger charge is 2.40. The quantitative estimate of drug-likeness (QED) is 0.622. The lowest BCUT2D eigenvalue weighted by molar-refractivity contribution is -0.138. The first-order valence-electron chi connectivity index (χ1n) is 8.79. The molecule has 0 bridgehead atoms. The predicted molar refractivity (Wildman–Crippen MR) is 106 cm³/mol. The molecule has 0 N–H and O–H groups in total. The van der Waals surface area contributed by atoms with E-state index in [-0.39, 0.29) is 30.1 Å². The number of thioether (sulfide) groups is 1. The van der Waals surface area contributed by atoms with E-state index in [0.717, 1.165) is 22.5 Å². The minimum Gasteiger partial charge on any atom is -0.284 e. The first-order valence-corrected chi connectivity index (χ1v) is 11.5. The molecule has 13 heteroatoms. The number of rotatable bonds is 4. The molecule has 0 spiro atoms. The molecule has 3 heterocycles. The Morgan fingerprint density at radius 1 is 1.23 bits per heavy atom. The molecule has 1 fully saturated rings. The lowest BCUT2D eigenvalue weighted by atomic mass is 10.2. The van der Waals surface area contributed by atoms with Gasteiger partial charge in [-0.05, 0) is 35.5 Å². The lowest BCUT2D eigenvalue weighted by Gasteiger charge is -2.17. The van der Waals surface area contributed by atoms with E-state index in [4.69, 9.17) is 0 Å². The van der Waals surface area contributed by atoms with Gasteiger partial charge in [0.05, 0.1) is 23.4 Å². The van der Waals surface area contributed by atoms with Crippen LogP contribution in [0.25, 0.3) is 6.08 Å². The number of nitrogens with zero attached hydrogens (tertiary/aromatic N) is 4. The zero-order valence-corrected chi connectivity index (χ0v) is 17.5. The van der Waals surface area contributed by atoms with Gasteiger partial charge >= 0.3 is 0 Å². The van der Waals surface area contributed by atoms with Crippen molar-refractivity contribution in [1.29, 1.82) is 0 Å². The summed E-state index contributed by atoms with van der Waals surface area (Å²) in [5, 5.41) is 3.19. The van der Waals surface area contributed by atoms with Crippen molar-refractivity contribution in [2.75, 3.05) is 12.8 Å². The van der Waals surface area contributed by atoms with Gasteiger partial charge in [-0.3, -0.25) is 19.3 Å². The first kappa shape index (κ1) is 21.3. The second kappa shape index (κ2) is 7.66. The molecule has 0 atom stereocenters. The maximum Gasteiger partial charge on any atom is 0.300 e. The molecule has 4 rings (SSSR count). The Hall–Kier alpha value is -2.90. The number of fused-ring (bicyclic) bond motifs is 1. The average molecular weight is 468 g/mol. The van der Waals surface area contributed by atoms with Crippen LogP contribution in [0, 0.1) is 11.6 Å². The normalized spacial score (nSPS) is 18.3. The van der Waals surface area contributed by atoms with Crippen LogP contribution in [0.5, 0.6) is 0 Å². The van der Waals surface area contributed by atoms with Crippen LogP contribution in [0.4, 0.5) is 13.6 Å². The molecule has 1 aromatic carbocycles. The molecule has 9 nitrogen and oxygen atoms in total. The average Bonchev–Trinajstić information content (AvgIpc) is 3.30. The van der Waals surface area contributed by atoms with Crippen molar-refractivity contribution in [3.8, 4) is 0 Å². The summed E-state index contributed by atoms with van der Waals surface area (Å²) in [5.74, 6) is -3.74. The van der Waals surface area contributed by atoms with Gasteiger partial charge in [0.25, 0.3) is 27.1 Å². The smallest absolute Gasteiger partial charge is 0.284 e. The van der Waals surface area contributed by atoms with E-state index in [1.807, 2.05) is 0 Å². The molecular formula is C18H14F2N4O5S2. The van der Waals surface area contributed by atoms with Crippen molar-refractivity contribution < 1.29 is 31.6 Å². The number of amides is 3. The summed E-state index contributed by atoms with van der Waals surface area (Å²) in [7, 11) is -3.52. The van der Waals surface area contributed by atoms with Gasteiger partial charge in [-0.1, -0.05) is 6.07 Å². The molecule has 2 aliphatic rings. The number of benzene rings is 1. The fourth-order valence-corrected chi connectivity index (χ4v) is 4.58. The van der Waals surface area contributed by atoms with Crippen LogP contribution in [0.15, 0.2) is 29.3 Å². The number of carbonyl (C=O) groups is 3. The van der Waals surface area contributed by atoms with Gasteiger partial charge in [-0.15, -0.1) is 0 Å². The van der Waals surface area contributed by atoms with Crippen LogP contribution >= 0.6 is 11.8 Å². The lowest BCUT2D eigenvalue weighted by Crippen LogP contribution is -2.41. The van der Waals surface area contributed by atoms with Crippen molar-refractivity contribution >= 4 is 44.9 Å². The summed E-state index contributed by atoms with van der Waals surface area (Å²) in [6.07, 6.45) is 3.59. The standard InChI is InChI=1S/C18H14F2N4O5S2/c1-31(28,29)23-7-11-6-22(8-14(11)21-23)9-16(25)24-17(26)15(30-18(24)27)5-10-2-3-12(19)13(20)4-10/h2-5,7H,6,8-9H2,1H3/b15-5-. The van der Waals surface area contributed by atoms with Crippen LogP contribution in [0.3, 0.4) is 0 Å². The monoisotopic (exact) mass is 468 g/mol. The van der Waals surface area contributed by atoms with Crippen molar-refractivity contribution in [3.63, 3.8) is 0 Å². The second-order valence-corrected chi connectivity index (χ2v) is 9.80. The fraction of sp³-hybridized carbons (Fsp3) is 0.222. The van der Waals surface area contributed by atoms with Gasteiger partial charge in [0.1, 0.15) is 0 Å². The van der Waals surface area contributed by atoms with Gasteiger partial charge in [-0.25, -0.2) is 22.1 Å². The van der Waals surface area contributed by atoms with E-state index in [9.17, 15) is 31.6 Å². The van der Waals surface area contributed by atoms with Crippen molar-refractivity contribution in [2.24, 2.45) is 0 Å². The van der Waals surface area contributed by atoms with Gasteiger partial charge in [0.2, 0.25) is 0 Å². The fourth-order valence-electron chi connectivity index (χ4n) is 3.17. The third kappa shape index (κ3) is 4.16. The Kier molecular flexibility index (Phi) is 5.27. The van der Waals surface area contributed by atoms with Crippen molar-refractivity contribution in [3.05, 3.63) is 57.8 Å². The Balaban J connectivity index is 1.44.